The van der Waals surface area contributed by atoms with Gasteiger partial charge in [-0.15, -0.1) is 5.10 Å². The SMILES string of the molecule is CCN=C1C=C2Oc3cc(NCC)c(C)cc3C(c3ccc(C(=O)NCCOCCOCCOCCNC(=O)CCC(=O)N4Cc5ccccc5-c5c(nnn5CCCC(=O)NCC(C)(C)C)-c5ccccc54)cc3C(=O)O)C2C=C1C. The smallest absolute Gasteiger partial charge is 0.336 e. The molecule has 5 N–H and O–H groups in total. The number of carboxylic acids is 1. The Bertz CT molecular complexity index is 3230. The number of aromatic carboxylic acids is 1. The zero-order chi connectivity index (χ0) is 58.3. The highest BCUT2D eigenvalue weighted by Gasteiger charge is 2.40. The fourth-order valence-corrected chi connectivity index (χ4v) is 10.4. The second-order valence-corrected chi connectivity index (χ2v) is 21.8. The van der Waals surface area contributed by atoms with E-state index in [-0.39, 0.29) is 92.5 Å². The topological polar surface area (TPSA) is 237 Å². The summed E-state index contributed by atoms with van der Waals surface area (Å²) in [6, 6.07) is 24.3. The standard InChI is InChI=1S/C63H77N9O10/c1-8-64-50-36-53-48(33-40(50)3)58(49-34-41(4)51(65-9-2)37-54(49)82-53)45-21-20-42(35-47(45)62(77)78)61(76)67-25-28-80-30-32-81-31-29-79-27-24-66-56(74)22-23-57(75)71-38-43-15-10-11-16-44(43)60-59(46-17-12-13-18-52(46)71)69-70-72(60)26-14-19-55(73)68-39-63(5,6)7/h10-13,15-18,20-21,33-37,48,58,65H,8-9,14,19,22-32,38-39H2,1-7H3,(H,66,74)(H,67,76)(H,68,73)(H,77,78). The molecule has 0 radical (unpaired) electrons. The molecule has 5 aromatic rings. The van der Waals surface area contributed by atoms with Crippen LogP contribution >= 0.6 is 0 Å². The highest BCUT2D eigenvalue weighted by atomic mass is 16.5. The van der Waals surface area contributed by atoms with Gasteiger partial charge in [-0.1, -0.05) is 80.6 Å². The molecule has 2 unspecified atom stereocenters. The maximum atomic E-state index is 14.0. The number of aliphatic imine (C=N–C) groups is 1. The number of aryl methyl sites for hydroxylation is 2. The van der Waals surface area contributed by atoms with Gasteiger partial charge in [0.05, 0.1) is 68.8 Å². The van der Waals surface area contributed by atoms with Crippen LogP contribution in [0.3, 0.4) is 0 Å². The number of carbonyl (C=O) groups is 5. The van der Waals surface area contributed by atoms with E-state index >= 15 is 0 Å². The van der Waals surface area contributed by atoms with Gasteiger partial charge in [0.1, 0.15) is 17.2 Å². The van der Waals surface area contributed by atoms with Crippen LogP contribution in [0.2, 0.25) is 0 Å². The first-order chi connectivity index (χ1) is 39.5. The number of benzene rings is 4. The van der Waals surface area contributed by atoms with Crippen LogP contribution in [-0.4, -0.2) is 128 Å². The Kier molecular flexibility index (Phi) is 20.6. The molecule has 4 amide bonds. The molecule has 82 heavy (non-hydrogen) atoms. The highest BCUT2D eigenvalue weighted by Crippen LogP contribution is 2.50. The number of nitrogens with one attached hydrogen (secondary N) is 4. The molecule has 8 rings (SSSR count). The zero-order valence-electron chi connectivity index (χ0n) is 48.2. The van der Waals surface area contributed by atoms with Crippen molar-refractivity contribution in [3.8, 4) is 28.3 Å². The molecule has 434 valence electrons. The monoisotopic (exact) mass is 1120 g/mol. The van der Waals surface area contributed by atoms with Gasteiger partial charge in [-0.3, -0.25) is 24.2 Å². The molecule has 2 atom stereocenters. The van der Waals surface area contributed by atoms with Gasteiger partial charge < -0.3 is 50.2 Å². The van der Waals surface area contributed by atoms with E-state index < -0.39 is 17.8 Å². The van der Waals surface area contributed by atoms with E-state index in [0.717, 1.165) is 57.0 Å². The second kappa shape index (κ2) is 28.1. The van der Waals surface area contributed by atoms with Gasteiger partial charge in [-0.2, -0.15) is 0 Å². The molecular weight excluding hydrogens is 1040 g/mol. The zero-order valence-corrected chi connectivity index (χ0v) is 48.2. The van der Waals surface area contributed by atoms with Gasteiger partial charge in [0.25, 0.3) is 5.91 Å². The predicted octanol–water partition coefficient (Wildman–Crippen LogP) is 8.66. The number of anilines is 2. The van der Waals surface area contributed by atoms with Gasteiger partial charge in [0.2, 0.25) is 17.7 Å². The fraction of sp³-hybridized carbons (Fsp3) is 0.429. The number of aromatic nitrogens is 3. The first-order valence-corrected chi connectivity index (χ1v) is 28.4. The second-order valence-electron chi connectivity index (χ2n) is 21.8. The summed E-state index contributed by atoms with van der Waals surface area (Å²) in [4.78, 5) is 72.2. The van der Waals surface area contributed by atoms with Crippen LogP contribution in [0.4, 0.5) is 11.4 Å². The summed E-state index contributed by atoms with van der Waals surface area (Å²) < 4.78 is 25.3. The first kappa shape index (κ1) is 60.1. The third-order valence-corrected chi connectivity index (χ3v) is 14.4. The molecule has 0 saturated heterocycles. The molecule has 2 aliphatic heterocycles. The Hall–Kier alpha value is -8.00. The summed E-state index contributed by atoms with van der Waals surface area (Å²) in [5.41, 5.74) is 10.2. The van der Waals surface area contributed by atoms with E-state index in [1.165, 1.54) is 6.07 Å². The Labute approximate surface area is 479 Å². The van der Waals surface area contributed by atoms with Crippen molar-refractivity contribution in [2.24, 2.45) is 16.3 Å². The molecular formula is C63H77N9O10. The van der Waals surface area contributed by atoms with E-state index in [4.69, 9.17) is 18.9 Å². The summed E-state index contributed by atoms with van der Waals surface area (Å²) in [5.74, 6) is -1.39. The van der Waals surface area contributed by atoms with Crippen molar-refractivity contribution in [3.63, 3.8) is 0 Å². The van der Waals surface area contributed by atoms with Crippen molar-refractivity contribution in [1.82, 2.24) is 30.9 Å². The van der Waals surface area contributed by atoms with Gasteiger partial charge >= 0.3 is 5.97 Å². The minimum Gasteiger partial charge on any atom is -0.478 e. The lowest BCUT2D eigenvalue weighted by Crippen LogP contribution is -2.34. The third-order valence-electron chi connectivity index (χ3n) is 14.4. The lowest BCUT2D eigenvalue weighted by atomic mass is 9.73. The van der Waals surface area contributed by atoms with Crippen LogP contribution in [-0.2, 0) is 41.7 Å². The van der Waals surface area contributed by atoms with E-state index in [1.54, 1.807) is 17.0 Å². The number of rotatable bonds is 26. The molecule has 19 nitrogen and oxygen atoms in total. The quantitative estimate of drug-likeness (QED) is 0.0326. The van der Waals surface area contributed by atoms with Crippen LogP contribution in [0.5, 0.6) is 5.75 Å². The fourth-order valence-electron chi connectivity index (χ4n) is 10.4. The Morgan fingerprint density at radius 3 is 2.21 bits per heavy atom. The van der Waals surface area contributed by atoms with Gasteiger partial charge in [-0.05, 0) is 86.1 Å². The lowest BCUT2D eigenvalue weighted by Gasteiger charge is -2.37. The Morgan fingerprint density at radius 2 is 1.49 bits per heavy atom. The van der Waals surface area contributed by atoms with Crippen LogP contribution in [0.15, 0.2) is 107 Å². The summed E-state index contributed by atoms with van der Waals surface area (Å²) >= 11 is 0. The van der Waals surface area contributed by atoms with E-state index in [9.17, 15) is 29.1 Å². The number of allylic oxidation sites excluding steroid dienone is 3. The summed E-state index contributed by atoms with van der Waals surface area (Å²) in [7, 11) is 0. The van der Waals surface area contributed by atoms with Crippen LogP contribution in [0.25, 0.3) is 22.5 Å². The van der Waals surface area contributed by atoms with E-state index in [2.05, 4.69) is 69.5 Å². The largest absolute Gasteiger partial charge is 0.478 e. The maximum absolute atomic E-state index is 14.0. The molecule has 4 aromatic carbocycles. The molecule has 0 fully saturated rings. The van der Waals surface area contributed by atoms with Gasteiger partial charge in [0, 0.05) is 110 Å². The molecule has 3 aliphatic rings. The van der Waals surface area contributed by atoms with Crippen molar-refractivity contribution >= 4 is 46.7 Å². The van der Waals surface area contributed by atoms with Crippen LogP contribution in [0, 0.1) is 18.3 Å². The first-order valence-electron chi connectivity index (χ1n) is 28.4. The number of fused-ring (bicyclic) bond motifs is 7. The Morgan fingerprint density at radius 1 is 0.793 bits per heavy atom. The number of hydrogen-bond donors (Lipinski definition) is 5. The van der Waals surface area contributed by atoms with Crippen LogP contribution in [0.1, 0.15) is 116 Å². The molecule has 0 saturated carbocycles. The summed E-state index contributed by atoms with van der Waals surface area (Å²) in [6.45, 7) is 19.1. The average molecular weight is 1120 g/mol. The number of carboxylic acid groups (broad SMARTS) is 1. The number of carbonyl (C=O) groups excluding carboxylic acids is 4. The molecule has 3 heterocycles. The number of ether oxygens (including phenoxy) is 4. The predicted molar refractivity (Wildman–Crippen MR) is 315 cm³/mol. The number of hydrogen-bond acceptors (Lipinski definition) is 13. The van der Waals surface area contributed by atoms with Crippen molar-refractivity contribution in [2.45, 2.75) is 93.2 Å². The molecule has 1 aliphatic carbocycles. The van der Waals surface area contributed by atoms with Gasteiger partial charge in [0.15, 0.2) is 0 Å². The van der Waals surface area contributed by atoms with Crippen molar-refractivity contribution in [2.75, 3.05) is 82.6 Å². The summed E-state index contributed by atoms with van der Waals surface area (Å²) in [5, 5.41) is 31.8. The Balaban J connectivity index is 0.735. The van der Waals surface area contributed by atoms with Crippen LogP contribution < -0.4 is 30.9 Å². The number of nitrogens with zero attached hydrogens (tertiary/aromatic N) is 5. The normalized spacial score (nSPS) is 15.7. The number of para-hydroxylation sites is 1. The molecule has 0 bridgehead atoms. The number of amides is 4. The summed E-state index contributed by atoms with van der Waals surface area (Å²) in [6.07, 6.45) is 4.97. The van der Waals surface area contributed by atoms with Crippen molar-refractivity contribution in [1.29, 1.82) is 0 Å². The van der Waals surface area contributed by atoms with E-state index in [1.807, 2.05) is 93.1 Å². The molecule has 0 spiro atoms. The maximum Gasteiger partial charge on any atom is 0.336 e. The molecule has 19 heteroatoms. The molecule has 1 aromatic heterocycles. The lowest BCUT2D eigenvalue weighted by molar-refractivity contribution is -0.125. The van der Waals surface area contributed by atoms with E-state index in [0.29, 0.717) is 80.8 Å². The minimum atomic E-state index is -1.14. The minimum absolute atomic E-state index is 0.00254. The average Bonchev–Trinajstić information content (AvgIpc) is 3.96. The third kappa shape index (κ3) is 15.1. The van der Waals surface area contributed by atoms with Crippen molar-refractivity contribution < 1.29 is 48.0 Å². The highest BCUT2D eigenvalue weighted by molar-refractivity contribution is 6.09. The van der Waals surface area contributed by atoms with Gasteiger partial charge in [-0.25, -0.2) is 9.48 Å². The van der Waals surface area contributed by atoms with Crippen molar-refractivity contribution in [3.05, 3.63) is 136 Å².